The van der Waals surface area contributed by atoms with Gasteiger partial charge in [-0.25, -0.2) is 9.09 Å². The van der Waals surface area contributed by atoms with E-state index in [-0.39, 0.29) is 0 Å². The number of para-hydroxylation sites is 3. The van der Waals surface area contributed by atoms with Crippen LogP contribution in [0.25, 0.3) is 0 Å². The van der Waals surface area contributed by atoms with E-state index in [1.54, 1.807) is 91.0 Å². The average molecular weight is 403 g/mol. The lowest BCUT2D eigenvalue weighted by Gasteiger charge is -2.17. The van der Waals surface area contributed by atoms with Crippen LogP contribution in [0.15, 0.2) is 91.0 Å². The Labute approximate surface area is 158 Å². The first-order valence-electron chi connectivity index (χ1n) is 8.04. The molecule has 0 heterocycles. The van der Waals surface area contributed by atoms with E-state index in [0.29, 0.717) is 17.2 Å². The number of hydrogen-bond donors (Lipinski definition) is 0. The molecule has 0 saturated carbocycles. The van der Waals surface area contributed by atoms with E-state index in [1.165, 1.54) is 0 Å². The average Bonchev–Trinajstić information content (AvgIpc) is 2.69. The summed E-state index contributed by atoms with van der Waals surface area (Å²) in [5, 5.41) is 0. The fourth-order valence-corrected chi connectivity index (χ4v) is 4.38. The molecular weight excluding hydrogens is 386 g/mol. The van der Waals surface area contributed by atoms with Gasteiger partial charge in [0.2, 0.25) is 6.35 Å². The lowest BCUT2D eigenvalue weighted by Crippen LogP contribution is -2.06. The summed E-state index contributed by atoms with van der Waals surface area (Å²) in [6.07, 6.45) is -0.543. The van der Waals surface area contributed by atoms with Crippen molar-refractivity contribution in [3.63, 3.8) is 0 Å². The van der Waals surface area contributed by atoms with Crippen molar-refractivity contribution in [3.05, 3.63) is 91.0 Å². The van der Waals surface area contributed by atoms with Gasteiger partial charge >= 0.3 is 15.9 Å². The van der Waals surface area contributed by atoms with Gasteiger partial charge in [0, 0.05) is 4.57 Å². The van der Waals surface area contributed by atoms with Gasteiger partial charge in [-0.05, 0) is 36.4 Å². The van der Waals surface area contributed by atoms with Crippen molar-refractivity contribution in [1.29, 1.82) is 0 Å². The zero-order chi connectivity index (χ0) is 19.0. The number of rotatable bonds is 9. The Morgan fingerprint density at radius 3 is 1.52 bits per heavy atom. The zero-order valence-electron chi connectivity index (χ0n) is 14.2. The topological polar surface area (TPSA) is 71.1 Å². The second-order valence-corrected chi connectivity index (χ2v) is 8.04. The molecule has 3 aromatic rings. The Bertz CT molecular complexity index is 858. The quantitative estimate of drug-likeness (QED) is 0.405. The van der Waals surface area contributed by atoms with Crippen molar-refractivity contribution in [2.45, 2.75) is 0 Å². The predicted octanol–water partition coefficient (Wildman–Crippen LogP) is 6.05. The highest BCUT2D eigenvalue weighted by molar-refractivity contribution is 7.54. The normalized spacial score (nSPS) is 11.5. The molecule has 1 atom stereocenters. The van der Waals surface area contributed by atoms with Crippen LogP contribution in [0.4, 0.5) is 0 Å². The van der Waals surface area contributed by atoms with E-state index in [4.69, 9.17) is 18.1 Å². The molecule has 0 aliphatic rings. The molecule has 0 radical (unpaired) electrons. The SMILES string of the molecule is O=[P+](OCP(=O)(Oc1ccccc1)Oc1ccccc1)Oc1ccccc1. The van der Waals surface area contributed by atoms with Crippen molar-refractivity contribution < 1.29 is 27.2 Å². The molecule has 0 spiro atoms. The second-order valence-electron chi connectivity index (χ2n) is 5.31. The van der Waals surface area contributed by atoms with Gasteiger partial charge in [0.05, 0.1) is 0 Å². The molecule has 0 N–H and O–H groups in total. The van der Waals surface area contributed by atoms with Gasteiger partial charge < -0.3 is 9.05 Å². The first-order chi connectivity index (χ1) is 13.1. The first-order valence-corrected chi connectivity index (χ1v) is 10.9. The monoisotopic (exact) mass is 403 g/mol. The molecule has 1 unspecified atom stereocenters. The maximum absolute atomic E-state index is 13.2. The molecule has 3 aromatic carbocycles. The first kappa shape index (κ1) is 19.1. The second kappa shape index (κ2) is 9.33. The van der Waals surface area contributed by atoms with E-state index in [2.05, 4.69) is 0 Å². The van der Waals surface area contributed by atoms with Crippen molar-refractivity contribution in [2.24, 2.45) is 0 Å². The molecule has 8 heteroatoms. The van der Waals surface area contributed by atoms with E-state index >= 15 is 0 Å². The Hall–Kier alpha value is -2.65. The molecule has 138 valence electrons. The Kier molecular flexibility index (Phi) is 6.61. The highest BCUT2D eigenvalue weighted by Crippen LogP contribution is 2.50. The molecule has 0 saturated heterocycles. The van der Waals surface area contributed by atoms with Gasteiger partial charge in [0.15, 0.2) is 5.75 Å². The van der Waals surface area contributed by atoms with Crippen LogP contribution in [0.2, 0.25) is 0 Å². The van der Waals surface area contributed by atoms with Crippen LogP contribution >= 0.6 is 15.9 Å². The lowest BCUT2D eigenvalue weighted by molar-refractivity contribution is 0.290. The van der Waals surface area contributed by atoms with Crippen LogP contribution < -0.4 is 13.6 Å². The summed E-state index contributed by atoms with van der Waals surface area (Å²) in [7, 11) is -6.36. The third kappa shape index (κ3) is 6.22. The fourth-order valence-electron chi connectivity index (χ4n) is 2.07. The molecule has 0 aliphatic heterocycles. The minimum absolute atomic E-state index is 0.347. The van der Waals surface area contributed by atoms with E-state index in [9.17, 15) is 9.13 Å². The van der Waals surface area contributed by atoms with Crippen LogP contribution in [-0.2, 0) is 13.7 Å². The minimum atomic E-state index is -3.81. The lowest BCUT2D eigenvalue weighted by atomic mass is 10.3. The zero-order valence-corrected chi connectivity index (χ0v) is 16.0. The summed E-state index contributed by atoms with van der Waals surface area (Å²) in [5.41, 5.74) is 0. The summed E-state index contributed by atoms with van der Waals surface area (Å²) in [4.78, 5) is 0. The van der Waals surface area contributed by atoms with Crippen LogP contribution in [-0.4, -0.2) is 6.35 Å². The Morgan fingerprint density at radius 2 is 1.07 bits per heavy atom. The van der Waals surface area contributed by atoms with Crippen LogP contribution in [0.1, 0.15) is 0 Å². The Morgan fingerprint density at radius 1 is 0.667 bits per heavy atom. The summed E-state index contributed by atoms with van der Waals surface area (Å²) >= 11 is 0. The van der Waals surface area contributed by atoms with Crippen molar-refractivity contribution in [1.82, 2.24) is 0 Å². The van der Waals surface area contributed by atoms with Crippen molar-refractivity contribution in [3.8, 4) is 17.2 Å². The molecule has 6 nitrogen and oxygen atoms in total. The van der Waals surface area contributed by atoms with Gasteiger partial charge in [-0.2, -0.15) is 0 Å². The van der Waals surface area contributed by atoms with Gasteiger partial charge in [0.25, 0.3) is 0 Å². The minimum Gasteiger partial charge on any atom is -0.414 e. The summed E-state index contributed by atoms with van der Waals surface area (Å²) in [5.74, 6) is 1.07. The highest BCUT2D eigenvalue weighted by atomic mass is 31.2. The molecule has 0 aliphatic carbocycles. The summed E-state index contributed by atoms with van der Waals surface area (Å²) in [6.45, 7) is 0. The van der Waals surface area contributed by atoms with Gasteiger partial charge in [-0.3, -0.25) is 0 Å². The molecule has 0 aromatic heterocycles. The third-order valence-corrected chi connectivity index (χ3v) is 5.55. The molecule has 0 bridgehead atoms. The standard InChI is InChI=1S/C19H17O6P2/c20-26(23-17-10-4-1-5-11-17)22-16-27(21,24-18-12-6-2-7-13-18)25-19-14-8-3-9-15-19/h1-15H,16H2/q+1. The predicted molar refractivity (Wildman–Crippen MR) is 102 cm³/mol. The fraction of sp³-hybridized carbons (Fsp3) is 0.0526. The van der Waals surface area contributed by atoms with Crippen LogP contribution in [0, 0.1) is 0 Å². The molecule has 0 fully saturated rings. The van der Waals surface area contributed by atoms with Gasteiger partial charge in [0.1, 0.15) is 11.5 Å². The molecule has 3 rings (SSSR count). The number of hydrogen-bond acceptors (Lipinski definition) is 6. The largest absolute Gasteiger partial charge is 0.750 e. The van der Waals surface area contributed by atoms with E-state index in [0.717, 1.165) is 0 Å². The maximum atomic E-state index is 13.2. The summed E-state index contributed by atoms with van der Waals surface area (Å²) < 4.78 is 46.5. The maximum Gasteiger partial charge on any atom is 0.750 e. The van der Waals surface area contributed by atoms with Crippen molar-refractivity contribution in [2.75, 3.05) is 6.35 Å². The van der Waals surface area contributed by atoms with Gasteiger partial charge in [-0.15, -0.1) is 0 Å². The molecule has 0 amide bonds. The molecule has 27 heavy (non-hydrogen) atoms. The van der Waals surface area contributed by atoms with Crippen LogP contribution in [0.3, 0.4) is 0 Å². The number of benzene rings is 3. The van der Waals surface area contributed by atoms with E-state index in [1.807, 2.05) is 0 Å². The van der Waals surface area contributed by atoms with Crippen molar-refractivity contribution >= 4 is 15.9 Å². The van der Waals surface area contributed by atoms with Gasteiger partial charge in [-0.1, -0.05) is 59.1 Å². The highest BCUT2D eigenvalue weighted by Gasteiger charge is 2.36. The molecular formula is C19H17O6P2+. The van der Waals surface area contributed by atoms with E-state index < -0.39 is 22.2 Å². The van der Waals surface area contributed by atoms with Crippen LogP contribution in [0.5, 0.6) is 17.2 Å². The Balaban J connectivity index is 1.69. The third-order valence-electron chi connectivity index (χ3n) is 3.22. The summed E-state index contributed by atoms with van der Waals surface area (Å²) in [6, 6.07) is 25.7. The smallest absolute Gasteiger partial charge is 0.414 e.